The molecule has 164 valence electrons. The largest absolute Gasteiger partial charge is 0.379 e. The highest BCUT2D eigenvalue weighted by molar-refractivity contribution is 14.0. The topological polar surface area (TPSA) is 58.1 Å². The molecule has 2 aliphatic heterocycles. The second-order valence-corrected chi connectivity index (χ2v) is 9.57. The smallest absolute Gasteiger partial charge is 0.191 e. The molecule has 3 heterocycles. The van der Waals surface area contributed by atoms with Crippen molar-refractivity contribution >= 4 is 41.3 Å². The van der Waals surface area contributed by atoms with Crippen molar-refractivity contribution in [3.63, 3.8) is 0 Å². The number of hydrogen-bond acceptors (Lipinski definition) is 5. The number of fused-ring (bicyclic) bond motifs is 1. The lowest BCUT2D eigenvalue weighted by molar-refractivity contribution is -0.106. The number of nitrogens with one attached hydrogen (secondary N) is 2. The second-order valence-electron chi connectivity index (χ2n) is 8.59. The number of guanidine groups is 1. The molecule has 0 radical (unpaired) electrons. The molecule has 1 aliphatic carbocycles. The maximum atomic E-state index is 5.95. The minimum atomic E-state index is 0. The van der Waals surface area contributed by atoms with Gasteiger partial charge in [-0.25, -0.2) is 0 Å². The van der Waals surface area contributed by atoms with Gasteiger partial charge in [-0.2, -0.15) is 0 Å². The third-order valence-electron chi connectivity index (χ3n) is 6.52. The van der Waals surface area contributed by atoms with Crippen LogP contribution in [0.4, 0.5) is 0 Å². The summed E-state index contributed by atoms with van der Waals surface area (Å²) in [5.74, 6) is 1.53. The van der Waals surface area contributed by atoms with Crippen LogP contribution in [0, 0.1) is 11.3 Å². The summed E-state index contributed by atoms with van der Waals surface area (Å²) in [6, 6.07) is 5.10. The first-order chi connectivity index (χ1) is 13.6. The number of halogens is 1. The summed E-state index contributed by atoms with van der Waals surface area (Å²) >= 11 is 1.82. The molecule has 3 fully saturated rings. The fraction of sp³-hybridized carbons (Fsp3) is 0.762. The average Bonchev–Trinajstić information content (AvgIpc) is 3.38. The van der Waals surface area contributed by atoms with Gasteiger partial charge in [-0.15, -0.1) is 35.3 Å². The van der Waals surface area contributed by atoms with E-state index >= 15 is 0 Å². The molecule has 1 aromatic heterocycles. The van der Waals surface area contributed by atoms with Crippen LogP contribution in [-0.2, 0) is 9.47 Å². The van der Waals surface area contributed by atoms with Crippen LogP contribution in [0.1, 0.15) is 38.1 Å². The molecule has 4 rings (SSSR count). The van der Waals surface area contributed by atoms with Crippen LogP contribution in [0.15, 0.2) is 22.5 Å². The summed E-state index contributed by atoms with van der Waals surface area (Å²) in [5.41, 5.74) is 0.148. The van der Waals surface area contributed by atoms with Gasteiger partial charge in [0.25, 0.3) is 0 Å². The lowest BCUT2D eigenvalue weighted by atomic mass is 9.57. The standard InChI is InChI=1S/C21H34N4O2S.HI/c1-4-22-20(24-18-15-7-10-27-19(15)21(18,2)3)23-14-16(17-6-5-13-28-17)25-8-11-26-12-9-25;/h5-6,13,15-16,18-19H,4,7-12,14H2,1-3H3,(H2,22,23,24);1H. The first-order valence-electron chi connectivity index (χ1n) is 10.6. The van der Waals surface area contributed by atoms with Gasteiger partial charge in [-0.3, -0.25) is 9.89 Å². The van der Waals surface area contributed by atoms with Crippen LogP contribution in [0.25, 0.3) is 0 Å². The maximum Gasteiger partial charge on any atom is 0.191 e. The molecule has 1 saturated carbocycles. The Kier molecular flexibility index (Phi) is 8.22. The van der Waals surface area contributed by atoms with Crippen LogP contribution in [0.2, 0.25) is 0 Å². The number of thiophene rings is 1. The summed E-state index contributed by atoms with van der Waals surface area (Å²) < 4.78 is 11.5. The summed E-state index contributed by atoms with van der Waals surface area (Å²) in [6.45, 7) is 12.8. The molecule has 0 bridgehead atoms. The average molecular weight is 535 g/mol. The molecule has 3 aliphatic rings. The van der Waals surface area contributed by atoms with Gasteiger partial charge in [0.2, 0.25) is 0 Å². The van der Waals surface area contributed by atoms with E-state index in [1.165, 1.54) is 4.88 Å². The van der Waals surface area contributed by atoms with E-state index in [1.807, 2.05) is 11.3 Å². The zero-order chi connectivity index (χ0) is 19.6. The number of hydrogen-bond donors (Lipinski definition) is 2. The lowest BCUT2D eigenvalue weighted by Gasteiger charge is -2.55. The van der Waals surface area contributed by atoms with E-state index in [1.54, 1.807) is 0 Å². The number of rotatable bonds is 6. The van der Waals surface area contributed by atoms with Gasteiger partial charge < -0.3 is 20.1 Å². The fourth-order valence-electron chi connectivity index (χ4n) is 5.02. The van der Waals surface area contributed by atoms with Crippen molar-refractivity contribution in [3.05, 3.63) is 22.4 Å². The first kappa shape index (κ1) is 23.2. The summed E-state index contributed by atoms with van der Waals surface area (Å²) in [6.07, 6.45) is 1.54. The monoisotopic (exact) mass is 534 g/mol. The Morgan fingerprint density at radius 3 is 2.83 bits per heavy atom. The normalized spacial score (nSPS) is 30.0. The Morgan fingerprint density at radius 2 is 2.14 bits per heavy atom. The van der Waals surface area contributed by atoms with Crippen LogP contribution in [0.3, 0.4) is 0 Å². The molecule has 2 saturated heterocycles. The van der Waals surface area contributed by atoms with Crippen molar-refractivity contribution in [1.82, 2.24) is 15.5 Å². The Bertz CT molecular complexity index is 664. The van der Waals surface area contributed by atoms with Crippen molar-refractivity contribution in [1.29, 1.82) is 0 Å². The van der Waals surface area contributed by atoms with Gasteiger partial charge in [0.1, 0.15) is 0 Å². The Morgan fingerprint density at radius 1 is 1.34 bits per heavy atom. The highest BCUT2D eigenvalue weighted by atomic mass is 127. The molecule has 29 heavy (non-hydrogen) atoms. The van der Waals surface area contributed by atoms with E-state index < -0.39 is 0 Å². The fourth-order valence-corrected chi connectivity index (χ4v) is 5.87. The SMILES string of the molecule is CCNC(=NCC(c1cccs1)N1CCOCC1)NC1C2CCOC2C1(C)C.I. The molecular formula is C21H35IN4O2S. The van der Waals surface area contributed by atoms with Gasteiger partial charge in [0, 0.05) is 48.5 Å². The summed E-state index contributed by atoms with van der Waals surface area (Å²) in [7, 11) is 0. The first-order valence-corrected chi connectivity index (χ1v) is 11.5. The molecule has 6 nitrogen and oxygen atoms in total. The molecule has 0 aromatic carbocycles. The van der Waals surface area contributed by atoms with Gasteiger partial charge in [0.15, 0.2) is 5.96 Å². The predicted molar refractivity (Wildman–Crippen MR) is 129 cm³/mol. The minimum Gasteiger partial charge on any atom is -0.379 e. The third kappa shape index (κ3) is 4.92. The Labute approximate surface area is 195 Å². The zero-order valence-electron chi connectivity index (χ0n) is 17.7. The molecule has 0 spiro atoms. The van der Waals surface area contributed by atoms with Crippen LogP contribution in [-0.4, -0.2) is 69.0 Å². The van der Waals surface area contributed by atoms with E-state index in [2.05, 4.69) is 53.8 Å². The van der Waals surface area contributed by atoms with Gasteiger partial charge in [0.05, 0.1) is 31.9 Å². The lowest BCUT2D eigenvalue weighted by Crippen LogP contribution is -2.68. The summed E-state index contributed by atoms with van der Waals surface area (Å²) in [4.78, 5) is 8.92. The molecule has 0 amide bonds. The predicted octanol–water partition coefficient (Wildman–Crippen LogP) is 3.11. The van der Waals surface area contributed by atoms with Crippen molar-refractivity contribution in [2.75, 3.05) is 46.0 Å². The molecular weight excluding hydrogens is 499 g/mol. The highest BCUT2D eigenvalue weighted by Gasteiger charge is 2.59. The van der Waals surface area contributed by atoms with E-state index in [-0.39, 0.29) is 29.4 Å². The van der Waals surface area contributed by atoms with Gasteiger partial charge in [-0.05, 0) is 24.8 Å². The van der Waals surface area contributed by atoms with Crippen molar-refractivity contribution in [2.45, 2.75) is 45.4 Å². The molecule has 1 aromatic rings. The number of morpholine rings is 1. The Balaban J connectivity index is 0.00000240. The van der Waals surface area contributed by atoms with Crippen molar-refractivity contribution in [2.24, 2.45) is 16.3 Å². The van der Waals surface area contributed by atoms with Crippen molar-refractivity contribution in [3.8, 4) is 0 Å². The third-order valence-corrected chi connectivity index (χ3v) is 7.49. The van der Waals surface area contributed by atoms with E-state index in [0.717, 1.165) is 58.4 Å². The molecule has 2 N–H and O–H groups in total. The number of nitrogens with zero attached hydrogens (tertiary/aromatic N) is 2. The van der Waals surface area contributed by atoms with E-state index in [9.17, 15) is 0 Å². The number of ether oxygens (including phenoxy) is 2. The van der Waals surface area contributed by atoms with Crippen LogP contribution < -0.4 is 10.6 Å². The van der Waals surface area contributed by atoms with Gasteiger partial charge in [-0.1, -0.05) is 19.9 Å². The highest BCUT2D eigenvalue weighted by Crippen LogP contribution is 2.52. The van der Waals surface area contributed by atoms with Gasteiger partial charge >= 0.3 is 0 Å². The van der Waals surface area contributed by atoms with E-state index in [0.29, 0.717) is 24.1 Å². The quantitative estimate of drug-likeness (QED) is 0.334. The van der Waals surface area contributed by atoms with Crippen molar-refractivity contribution < 1.29 is 9.47 Å². The van der Waals surface area contributed by atoms with E-state index in [4.69, 9.17) is 14.5 Å². The van der Waals surface area contributed by atoms with Crippen LogP contribution >= 0.6 is 35.3 Å². The zero-order valence-corrected chi connectivity index (χ0v) is 20.9. The Hall–Kier alpha value is -0.420. The maximum absolute atomic E-state index is 5.95. The molecule has 4 unspecified atom stereocenters. The number of aliphatic imine (C=N–C) groups is 1. The minimum absolute atomic E-state index is 0. The summed E-state index contributed by atoms with van der Waals surface area (Å²) in [5, 5.41) is 9.36. The molecule has 4 atom stereocenters. The molecule has 8 heteroatoms. The second kappa shape index (κ2) is 10.3. The van der Waals surface area contributed by atoms with Crippen LogP contribution in [0.5, 0.6) is 0 Å².